The quantitative estimate of drug-likeness (QED) is 0.540. The van der Waals surface area contributed by atoms with E-state index < -0.39 is 0 Å². The highest BCUT2D eigenvalue weighted by Crippen LogP contribution is 2.24. The number of hydrogen-bond acceptors (Lipinski definition) is 3. The number of nitrogens with zero attached hydrogens (tertiary/aromatic N) is 2. The van der Waals surface area contributed by atoms with Crippen LogP contribution in [-0.4, -0.2) is 53.8 Å². The molecule has 2 aliphatic rings. The molecule has 2 heterocycles. The van der Waals surface area contributed by atoms with Gasteiger partial charge in [0, 0.05) is 55.3 Å². The van der Waals surface area contributed by atoms with Crippen LogP contribution >= 0.6 is 11.6 Å². The van der Waals surface area contributed by atoms with Crippen molar-refractivity contribution in [2.24, 2.45) is 5.92 Å². The molecule has 5 nitrogen and oxygen atoms in total. The van der Waals surface area contributed by atoms with Crippen LogP contribution < -0.4 is 5.32 Å². The summed E-state index contributed by atoms with van der Waals surface area (Å²) in [5.74, 6) is 0.200. The number of carbonyl (C=O) groups excluding carboxylic acids is 2. The summed E-state index contributed by atoms with van der Waals surface area (Å²) in [5.41, 5.74) is 2.01. The van der Waals surface area contributed by atoms with Crippen molar-refractivity contribution < 1.29 is 9.59 Å². The maximum absolute atomic E-state index is 13.2. The highest BCUT2D eigenvalue weighted by atomic mass is 35.5. The van der Waals surface area contributed by atoms with E-state index in [2.05, 4.69) is 22.3 Å². The Hall–Kier alpha value is -2.89. The molecule has 0 aromatic heterocycles. The van der Waals surface area contributed by atoms with E-state index in [9.17, 15) is 9.59 Å². The van der Waals surface area contributed by atoms with Crippen LogP contribution in [0.25, 0.3) is 10.8 Å². The normalized spacial score (nSPS) is 18.0. The number of halogens is 1. The lowest BCUT2D eigenvalue weighted by atomic mass is 9.93. The number of hydrogen-bond donors (Lipinski definition) is 1. The van der Waals surface area contributed by atoms with Gasteiger partial charge in [0.15, 0.2) is 0 Å². The summed E-state index contributed by atoms with van der Waals surface area (Å²) in [7, 11) is 0. The molecule has 2 saturated heterocycles. The minimum Gasteiger partial charge on any atom is -0.353 e. The fourth-order valence-electron chi connectivity index (χ4n) is 5.33. The van der Waals surface area contributed by atoms with Crippen molar-refractivity contribution >= 4 is 34.2 Å². The third-order valence-corrected chi connectivity index (χ3v) is 7.68. The van der Waals surface area contributed by atoms with Crippen LogP contribution in [-0.2, 0) is 11.3 Å². The van der Waals surface area contributed by atoms with E-state index in [-0.39, 0.29) is 23.8 Å². The van der Waals surface area contributed by atoms with Crippen molar-refractivity contribution in [3.05, 3.63) is 82.9 Å². The predicted molar refractivity (Wildman–Crippen MR) is 140 cm³/mol. The second-order valence-corrected chi connectivity index (χ2v) is 10.2. The molecule has 3 aromatic rings. The molecule has 35 heavy (non-hydrogen) atoms. The molecule has 0 aliphatic carbocycles. The van der Waals surface area contributed by atoms with Gasteiger partial charge >= 0.3 is 0 Å². The van der Waals surface area contributed by atoms with Crippen molar-refractivity contribution in [3.8, 4) is 0 Å². The number of rotatable bonds is 5. The molecule has 0 radical (unpaired) electrons. The van der Waals surface area contributed by atoms with Crippen LogP contribution in [0.1, 0.15) is 41.6 Å². The highest BCUT2D eigenvalue weighted by molar-refractivity contribution is 6.30. The SMILES string of the molecule is O=C(NC1CCN(Cc2ccc(Cl)cc2)CC1)C1CCN(C(=O)c2cccc3ccccc23)CC1. The zero-order chi connectivity index (χ0) is 24.2. The van der Waals surface area contributed by atoms with Crippen LogP contribution in [0.3, 0.4) is 0 Å². The Balaban J connectivity index is 1.08. The zero-order valence-electron chi connectivity index (χ0n) is 20.0. The van der Waals surface area contributed by atoms with Crippen molar-refractivity contribution in [3.63, 3.8) is 0 Å². The van der Waals surface area contributed by atoms with Gasteiger partial charge < -0.3 is 10.2 Å². The van der Waals surface area contributed by atoms with Crippen molar-refractivity contribution in [2.45, 2.75) is 38.3 Å². The Labute approximate surface area is 212 Å². The van der Waals surface area contributed by atoms with Gasteiger partial charge in [-0.3, -0.25) is 14.5 Å². The molecule has 3 aromatic carbocycles. The monoisotopic (exact) mass is 489 g/mol. The topological polar surface area (TPSA) is 52.7 Å². The number of piperidine rings is 2. The van der Waals surface area contributed by atoms with E-state index in [1.165, 1.54) is 5.56 Å². The molecule has 0 spiro atoms. The Morgan fingerprint density at radius 2 is 1.51 bits per heavy atom. The average Bonchev–Trinajstić information content (AvgIpc) is 2.90. The number of amides is 2. The Morgan fingerprint density at radius 3 is 2.26 bits per heavy atom. The molecule has 2 aliphatic heterocycles. The summed E-state index contributed by atoms with van der Waals surface area (Å²) < 4.78 is 0. The summed E-state index contributed by atoms with van der Waals surface area (Å²) in [6, 6.07) is 22.1. The maximum Gasteiger partial charge on any atom is 0.254 e. The fraction of sp³-hybridized carbons (Fsp3) is 0.379. The smallest absolute Gasteiger partial charge is 0.254 e. The second-order valence-electron chi connectivity index (χ2n) is 9.78. The Kier molecular flexibility index (Phi) is 7.35. The summed E-state index contributed by atoms with van der Waals surface area (Å²) >= 11 is 5.99. The molecule has 0 saturated carbocycles. The van der Waals surface area contributed by atoms with Gasteiger partial charge in [0.2, 0.25) is 5.91 Å². The van der Waals surface area contributed by atoms with Gasteiger partial charge in [-0.05, 0) is 60.2 Å². The molecular formula is C29H32ClN3O2. The first-order valence-corrected chi connectivity index (χ1v) is 13.0. The van der Waals surface area contributed by atoms with E-state index in [4.69, 9.17) is 11.6 Å². The van der Waals surface area contributed by atoms with Crippen LogP contribution in [0.4, 0.5) is 0 Å². The fourth-order valence-corrected chi connectivity index (χ4v) is 5.46. The van der Waals surface area contributed by atoms with Crippen molar-refractivity contribution in [2.75, 3.05) is 26.2 Å². The van der Waals surface area contributed by atoms with Gasteiger partial charge in [0.25, 0.3) is 5.91 Å². The maximum atomic E-state index is 13.2. The summed E-state index contributed by atoms with van der Waals surface area (Å²) in [6.45, 7) is 4.12. The summed E-state index contributed by atoms with van der Waals surface area (Å²) in [4.78, 5) is 30.5. The lowest BCUT2D eigenvalue weighted by Crippen LogP contribution is -2.48. The average molecular weight is 490 g/mol. The van der Waals surface area contributed by atoms with Crippen LogP contribution in [0.15, 0.2) is 66.7 Å². The van der Waals surface area contributed by atoms with Gasteiger partial charge in [-0.15, -0.1) is 0 Å². The van der Waals surface area contributed by atoms with Crippen molar-refractivity contribution in [1.82, 2.24) is 15.1 Å². The van der Waals surface area contributed by atoms with Gasteiger partial charge in [-0.1, -0.05) is 60.1 Å². The predicted octanol–water partition coefficient (Wildman–Crippen LogP) is 5.13. The van der Waals surface area contributed by atoms with Gasteiger partial charge in [0.1, 0.15) is 0 Å². The van der Waals surface area contributed by atoms with Crippen LogP contribution in [0.2, 0.25) is 5.02 Å². The lowest BCUT2D eigenvalue weighted by Gasteiger charge is -2.35. The summed E-state index contributed by atoms with van der Waals surface area (Å²) in [6.07, 6.45) is 3.38. The molecule has 0 unspecified atom stereocenters. The third kappa shape index (κ3) is 5.68. The molecule has 1 N–H and O–H groups in total. The first kappa shape index (κ1) is 23.8. The molecule has 5 rings (SSSR count). The van der Waals surface area contributed by atoms with E-state index in [0.29, 0.717) is 13.1 Å². The number of nitrogens with one attached hydrogen (secondary N) is 1. The van der Waals surface area contributed by atoms with E-state index in [1.807, 2.05) is 59.5 Å². The van der Waals surface area contributed by atoms with Crippen LogP contribution in [0, 0.1) is 5.92 Å². The van der Waals surface area contributed by atoms with E-state index in [1.54, 1.807) is 0 Å². The Bertz CT molecular complexity index is 1170. The number of likely N-dealkylation sites (tertiary alicyclic amines) is 2. The standard InChI is InChI=1S/C29H32ClN3O2/c30-24-10-8-21(9-11-24)20-32-16-14-25(15-17-32)31-28(34)23-12-18-33(19-13-23)29(35)27-7-3-5-22-4-1-2-6-26(22)27/h1-11,23,25H,12-20H2,(H,31,34). The first-order chi connectivity index (χ1) is 17.1. The molecule has 2 amide bonds. The highest BCUT2D eigenvalue weighted by Gasteiger charge is 2.30. The number of benzene rings is 3. The molecule has 0 bridgehead atoms. The number of fused-ring (bicyclic) bond motifs is 1. The largest absolute Gasteiger partial charge is 0.353 e. The van der Waals surface area contributed by atoms with E-state index >= 15 is 0 Å². The molecule has 182 valence electrons. The van der Waals surface area contributed by atoms with Gasteiger partial charge in [-0.2, -0.15) is 0 Å². The number of carbonyl (C=O) groups is 2. The van der Waals surface area contributed by atoms with Gasteiger partial charge in [0.05, 0.1) is 0 Å². The van der Waals surface area contributed by atoms with Crippen molar-refractivity contribution in [1.29, 1.82) is 0 Å². The minimum absolute atomic E-state index is 0.0151. The molecule has 6 heteroatoms. The van der Waals surface area contributed by atoms with Crippen LogP contribution in [0.5, 0.6) is 0 Å². The molecular weight excluding hydrogens is 458 g/mol. The lowest BCUT2D eigenvalue weighted by molar-refractivity contribution is -0.127. The minimum atomic E-state index is -0.0151. The zero-order valence-corrected chi connectivity index (χ0v) is 20.7. The first-order valence-electron chi connectivity index (χ1n) is 12.6. The molecule has 2 fully saturated rings. The second kappa shape index (κ2) is 10.8. The van der Waals surface area contributed by atoms with E-state index in [0.717, 1.165) is 66.7 Å². The third-order valence-electron chi connectivity index (χ3n) is 7.43. The molecule has 0 atom stereocenters. The Morgan fingerprint density at radius 1 is 0.829 bits per heavy atom. The van der Waals surface area contributed by atoms with Gasteiger partial charge in [-0.25, -0.2) is 0 Å². The summed E-state index contributed by atoms with van der Waals surface area (Å²) in [5, 5.41) is 6.12.